The van der Waals surface area contributed by atoms with Gasteiger partial charge in [0.05, 0.1) is 0 Å². The van der Waals surface area contributed by atoms with E-state index in [1.54, 1.807) is 18.2 Å². The molecule has 1 N–H and O–H groups in total. The number of hydrogen-bond donors (Lipinski definition) is 1. The third-order valence-corrected chi connectivity index (χ3v) is 0.938. The standard InChI is InChI=1S/C7H7NO/c1-6-3-2-4-7(9)5-8-6/h2-4,9H,1H3. The minimum absolute atomic E-state index is 0.0723. The molecule has 0 spiro atoms. The first kappa shape index (κ1) is 5.86. The normalized spacial score (nSPS) is 16.6. The van der Waals surface area contributed by atoms with E-state index in [-0.39, 0.29) is 5.76 Å². The molecule has 0 radical (unpaired) electrons. The Hall–Kier alpha value is -1.27. The summed E-state index contributed by atoms with van der Waals surface area (Å²) < 4.78 is 0. The Morgan fingerprint density at radius 3 is 3.22 bits per heavy atom. The maximum atomic E-state index is 8.80. The number of nitrogens with zero attached hydrogens (tertiary/aromatic N) is 1. The van der Waals surface area contributed by atoms with Gasteiger partial charge >= 0.3 is 0 Å². The van der Waals surface area contributed by atoms with Gasteiger partial charge in [0, 0.05) is 11.6 Å². The van der Waals surface area contributed by atoms with Crippen LogP contribution >= 0.6 is 0 Å². The van der Waals surface area contributed by atoms with Crippen LogP contribution in [-0.4, -0.2) is 11.0 Å². The van der Waals surface area contributed by atoms with Crippen molar-refractivity contribution < 1.29 is 5.11 Å². The molecule has 1 aliphatic rings. The zero-order valence-corrected chi connectivity index (χ0v) is 5.13. The average Bonchev–Trinajstić information content (AvgIpc) is 1.97. The molecule has 0 aromatic carbocycles. The predicted octanol–water partition coefficient (Wildman–Crippen LogP) is 1.57. The highest BCUT2D eigenvalue weighted by atomic mass is 16.3. The first-order valence-electron chi connectivity index (χ1n) is 2.66. The summed E-state index contributed by atoms with van der Waals surface area (Å²) in [7, 11) is 0. The molecule has 1 aliphatic heterocycles. The second-order valence-electron chi connectivity index (χ2n) is 1.78. The summed E-state index contributed by atoms with van der Waals surface area (Å²) in [6.07, 6.45) is 5.07. The van der Waals surface area contributed by atoms with E-state index < -0.39 is 0 Å². The van der Waals surface area contributed by atoms with E-state index in [0.717, 1.165) is 5.70 Å². The van der Waals surface area contributed by atoms with Crippen LogP contribution in [0.1, 0.15) is 6.92 Å². The molecule has 1 heterocycles. The fraction of sp³-hybridized carbons (Fsp3) is 0.143. The van der Waals surface area contributed by atoms with E-state index in [1.807, 2.05) is 6.92 Å². The van der Waals surface area contributed by atoms with Gasteiger partial charge in [-0.25, -0.2) is 4.99 Å². The summed E-state index contributed by atoms with van der Waals surface area (Å²) in [6.45, 7) is 1.84. The minimum atomic E-state index is 0.0723. The van der Waals surface area contributed by atoms with Crippen LogP contribution < -0.4 is 0 Å². The zero-order chi connectivity index (χ0) is 6.69. The molecule has 0 saturated heterocycles. The van der Waals surface area contributed by atoms with Crippen molar-refractivity contribution in [2.24, 2.45) is 4.99 Å². The van der Waals surface area contributed by atoms with Gasteiger partial charge in [-0.05, 0) is 19.1 Å². The Labute approximate surface area is 53.5 Å². The molecule has 0 aromatic rings. The molecule has 0 unspecified atom stereocenters. The van der Waals surface area contributed by atoms with Crippen molar-refractivity contribution in [3.8, 4) is 0 Å². The summed E-state index contributed by atoms with van der Waals surface area (Å²) in [5.74, 6) is 2.51. The van der Waals surface area contributed by atoms with Crippen LogP contribution in [0.2, 0.25) is 0 Å². The molecule has 1 rings (SSSR count). The van der Waals surface area contributed by atoms with Gasteiger partial charge in [-0.2, -0.15) is 0 Å². The number of hydrogen-bond acceptors (Lipinski definition) is 2. The van der Waals surface area contributed by atoms with Crippen molar-refractivity contribution in [3.63, 3.8) is 0 Å². The van der Waals surface area contributed by atoms with Gasteiger partial charge in [0.25, 0.3) is 0 Å². The smallest absolute Gasteiger partial charge is 0.178 e. The van der Waals surface area contributed by atoms with Crippen molar-refractivity contribution in [3.05, 3.63) is 29.7 Å². The van der Waals surface area contributed by atoms with Gasteiger partial charge in [0.1, 0.15) is 0 Å². The van der Waals surface area contributed by atoms with Gasteiger partial charge in [0.2, 0.25) is 0 Å². The van der Waals surface area contributed by atoms with Crippen LogP contribution in [0.15, 0.2) is 34.7 Å². The Morgan fingerprint density at radius 1 is 1.67 bits per heavy atom. The van der Waals surface area contributed by atoms with Crippen LogP contribution in [0.25, 0.3) is 0 Å². The maximum Gasteiger partial charge on any atom is 0.178 e. The van der Waals surface area contributed by atoms with Gasteiger partial charge < -0.3 is 5.11 Å². The molecular weight excluding hydrogens is 114 g/mol. The molecule has 0 fully saturated rings. The first-order chi connectivity index (χ1) is 4.29. The van der Waals surface area contributed by atoms with Crippen LogP contribution in [0.5, 0.6) is 0 Å². The Bertz CT molecular complexity index is 229. The third-order valence-electron chi connectivity index (χ3n) is 0.938. The lowest BCUT2D eigenvalue weighted by Crippen LogP contribution is -1.70. The lowest BCUT2D eigenvalue weighted by molar-refractivity contribution is 0.441. The molecule has 0 amide bonds. The summed E-state index contributed by atoms with van der Waals surface area (Å²) in [6, 6.07) is 0. The van der Waals surface area contributed by atoms with Crippen LogP contribution in [0, 0.1) is 0 Å². The minimum Gasteiger partial charge on any atom is -0.500 e. The van der Waals surface area contributed by atoms with Crippen molar-refractivity contribution in [1.82, 2.24) is 0 Å². The van der Waals surface area contributed by atoms with Gasteiger partial charge in [-0.15, -0.1) is 0 Å². The summed E-state index contributed by atoms with van der Waals surface area (Å²) in [5, 5.41) is 8.80. The number of allylic oxidation sites excluding steroid dienone is 4. The third kappa shape index (κ3) is 1.59. The second-order valence-corrected chi connectivity index (χ2v) is 1.78. The highest BCUT2D eigenvalue weighted by Crippen LogP contribution is 1.98. The predicted molar refractivity (Wildman–Crippen MR) is 36.5 cm³/mol. The number of aliphatic hydroxyl groups is 1. The van der Waals surface area contributed by atoms with Gasteiger partial charge in [0.15, 0.2) is 5.76 Å². The monoisotopic (exact) mass is 121 g/mol. The summed E-state index contributed by atoms with van der Waals surface area (Å²) >= 11 is 0. The fourth-order valence-electron chi connectivity index (χ4n) is 0.499. The average molecular weight is 121 g/mol. The van der Waals surface area contributed by atoms with E-state index >= 15 is 0 Å². The Kier molecular flexibility index (Phi) is 1.52. The van der Waals surface area contributed by atoms with Crippen molar-refractivity contribution in [2.45, 2.75) is 6.92 Å². The topological polar surface area (TPSA) is 32.6 Å². The van der Waals surface area contributed by atoms with E-state index in [9.17, 15) is 0 Å². The molecule has 0 aromatic heterocycles. The zero-order valence-electron chi connectivity index (χ0n) is 5.13. The lowest BCUT2D eigenvalue weighted by Gasteiger charge is -1.78. The highest BCUT2D eigenvalue weighted by molar-refractivity contribution is 5.61. The molecule has 0 aliphatic carbocycles. The Morgan fingerprint density at radius 2 is 2.44 bits per heavy atom. The van der Waals surface area contributed by atoms with E-state index in [4.69, 9.17) is 5.11 Å². The molecule has 9 heavy (non-hydrogen) atoms. The number of aliphatic hydroxyl groups excluding tert-OH is 1. The van der Waals surface area contributed by atoms with Crippen LogP contribution in [-0.2, 0) is 0 Å². The molecule has 0 bridgehead atoms. The first-order valence-corrected chi connectivity index (χ1v) is 2.66. The van der Waals surface area contributed by atoms with E-state index in [1.165, 1.54) is 0 Å². The fourth-order valence-corrected chi connectivity index (χ4v) is 0.499. The van der Waals surface area contributed by atoms with Crippen LogP contribution in [0.4, 0.5) is 0 Å². The molecule has 0 saturated carbocycles. The highest BCUT2D eigenvalue weighted by Gasteiger charge is 1.85. The van der Waals surface area contributed by atoms with E-state index in [2.05, 4.69) is 10.9 Å². The van der Waals surface area contributed by atoms with Gasteiger partial charge in [-0.1, -0.05) is 6.08 Å². The van der Waals surface area contributed by atoms with Crippen molar-refractivity contribution in [2.75, 3.05) is 0 Å². The van der Waals surface area contributed by atoms with E-state index in [0.29, 0.717) is 0 Å². The molecular formula is C7H7NO. The molecule has 46 valence electrons. The summed E-state index contributed by atoms with van der Waals surface area (Å²) in [5.41, 5.74) is 0.843. The van der Waals surface area contributed by atoms with Crippen molar-refractivity contribution >= 4 is 5.87 Å². The largest absolute Gasteiger partial charge is 0.500 e. The SMILES string of the molecule is CC1=CC=CC(O)=C=N1. The lowest BCUT2D eigenvalue weighted by atomic mass is 10.4. The van der Waals surface area contributed by atoms with Crippen LogP contribution in [0.3, 0.4) is 0 Å². The molecule has 2 heteroatoms. The quantitative estimate of drug-likeness (QED) is 0.518. The maximum absolute atomic E-state index is 8.80. The molecule has 2 nitrogen and oxygen atoms in total. The Balaban J connectivity index is 3.01. The second kappa shape index (κ2) is 2.33. The van der Waals surface area contributed by atoms with Gasteiger partial charge in [-0.3, -0.25) is 0 Å². The summed E-state index contributed by atoms with van der Waals surface area (Å²) in [4.78, 5) is 3.77. The number of aliphatic imine (C=N–C) groups is 1. The number of rotatable bonds is 0. The van der Waals surface area contributed by atoms with Crippen molar-refractivity contribution in [1.29, 1.82) is 0 Å². The molecule has 0 atom stereocenters.